The summed E-state index contributed by atoms with van der Waals surface area (Å²) in [4.78, 5) is 49.9. The summed E-state index contributed by atoms with van der Waals surface area (Å²) in [6, 6.07) is 5.77. The molecule has 1 unspecified atom stereocenters. The molecule has 1 saturated heterocycles. The van der Waals surface area contributed by atoms with Crippen molar-refractivity contribution >= 4 is 23.5 Å². The molecule has 3 rings (SSSR count). The SMILES string of the molecule is COC(=O)C1=C(C)NC(C)=C(C(=O)OCCN2CCCC2=O)C1c1cccc([N+](=O)[O-])c1. The molecule has 0 radical (unpaired) electrons. The zero-order valence-electron chi connectivity index (χ0n) is 18.2. The van der Waals surface area contributed by atoms with Crippen LogP contribution in [0.4, 0.5) is 5.69 Å². The number of rotatable bonds is 7. The number of likely N-dealkylation sites (tertiary alicyclic amines) is 1. The first-order valence-corrected chi connectivity index (χ1v) is 10.2. The molecule has 2 heterocycles. The predicted molar refractivity (Wildman–Crippen MR) is 113 cm³/mol. The normalized spacial score (nSPS) is 18.5. The van der Waals surface area contributed by atoms with Gasteiger partial charge in [0.2, 0.25) is 5.91 Å². The van der Waals surface area contributed by atoms with E-state index < -0.39 is 22.8 Å². The minimum Gasteiger partial charge on any atom is -0.466 e. The van der Waals surface area contributed by atoms with Crippen molar-refractivity contribution in [1.29, 1.82) is 0 Å². The molecular formula is C22H25N3O7. The Balaban J connectivity index is 1.94. The average Bonchev–Trinajstić information content (AvgIpc) is 3.17. The Hall–Kier alpha value is -3.69. The molecule has 1 atom stereocenters. The van der Waals surface area contributed by atoms with E-state index in [1.165, 1.54) is 25.3 Å². The molecular weight excluding hydrogens is 418 g/mol. The van der Waals surface area contributed by atoms with Gasteiger partial charge in [0.15, 0.2) is 0 Å². The summed E-state index contributed by atoms with van der Waals surface area (Å²) in [5, 5.41) is 14.3. The fourth-order valence-corrected chi connectivity index (χ4v) is 4.06. The summed E-state index contributed by atoms with van der Waals surface area (Å²) in [5.74, 6) is -2.22. The molecule has 1 N–H and O–H groups in total. The zero-order chi connectivity index (χ0) is 23.4. The van der Waals surface area contributed by atoms with E-state index in [9.17, 15) is 24.5 Å². The number of hydrogen-bond donors (Lipinski definition) is 1. The number of nitrogens with zero attached hydrogens (tertiary/aromatic N) is 2. The summed E-state index contributed by atoms with van der Waals surface area (Å²) in [5.41, 5.74) is 1.49. The van der Waals surface area contributed by atoms with Crippen molar-refractivity contribution in [2.24, 2.45) is 0 Å². The van der Waals surface area contributed by atoms with Gasteiger partial charge in [-0.1, -0.05) is 12.1 Å². The van der Waals surface area contributed by atoms with Crippen LogP contribution in [0.2, 0.25) is 0 Å². The lowest BCUT2D eigenvalue weighted by molar-refractivity contribution is -0.384. The Bertz CT molecular complexity index is 1030. The summed E-state index contributed by atoms with van der Waals surface area (Å²) < 4.78 is 10.4. The number of allylic oxidation sites excluding steroid dienone is 2. The highest BCUT2D eigenvalue weighted by Gasteiger charge is 2.38. The third-order valence-corrected chi connectivity index (χ3v) is 5.57. The van der Waals surface area contributed by atoms with Crippen molar-refractivity contribution in [1.82, 2.24) is 10.2 Å². The fraction of sp³-hybridized carbons (Fsp3) is 0.409. The van der Waals surface area contributed by atoms with Crippen LogP contribution in [-0.4, -0.2) is 54.5 Å². The molecule has 0 spiro atoms. The Kier molecular flexibility index (Phi) is 6.92. The molecule has 1 fully saturated rings. The number of methoxy groups -OCH3 is 1. The number of carbonyl (C=O) groups excluding carboxylic acids is 3. The number of amides is 1. The first kappa shape index (κ1) is 23.0. The number of nitrogens with one attached hydrogen (secondary N) is 1. The highest BCUT2D eigenvalue weighted by molar-refractivity contribution is 5.99. The predicted octanol–water partition coefficient (Wildman–Crippen LogP) is 2.17. The number of esters is 2. The van der Waals surface area contributed by atoms with E-state index >= 15 is 0 Å². The Morgan fingerprint density at radius 1 is 1.22 bits per heavy atom. The van der Waals surface area contributed by atoms with Crippen molar-refractivity contribution in [3.8, 4) is 0 Å². The van der Waals surface area contributed by atoms with E-state index in [0.717, 1.165) is 6.42 Å². The summed E-state index contributed by atoms with van der Waals surface area (Å²) in [6.45, 7) is 4.25. The summed E-state index contributed by atoms with van der Waals surface area (Å²) in [7, 11) is 1.23. The van der Waals surface area contributed by atoms with Gasteiger partial charge in [0.05, 0.1) is 35.6 Å². The van der Waals surface area contributed by atoms with Gasteiger partial charge in [-0.15, -0.1) is 0 Å². The number of hydrogen-bond acceptors (Lipinski definition) is 8. The highest BCUT2D eigenvalue weighted by Crippen LogP contribution is 2.40. The van der Waals surface area contributed by atoms with Crippen LogP contribution in [0.25, 0.3) is 0 Å². The number of non-ortho nitro benzene ring substituents is 1. The van der Waals surface area contributed by atoms with Crippen molar-refractivity contribution in [2.45, 2.75) is 32.6 Å². The van der Waals surface area contributed by atoms with E-state index in [0.29, 0.717) is 29.9 Å². The third-order valence-electron chi connectivity index (χ3n) is 5.57. The van der Waals surface area contributed by atoms with Crippen molar-refractivity contribution in [3.05, 3.63) is 62.5 Å². The Morgan fingerprint density at radius 2 is 1.91 bits per heavy atom. The first-order valence-electron chi connectivity index (χ1n) is 10.2. The molecule has 170 valence electrons. The average molecular weight is 443 g/mol. The van der Waals surface area contributed by atoms with Crippen LogP contribution in [0.5, 0.6) is 0 Å². The molecule has 10 nitrogen and oxygen atoms in total. The minimum absolute atomic E-state index is 0.000729. The monoisotopic (exact) mass is 443 g/mol. The van der Waals surface area contributed by atoms with Crippen LogP contribution in [0.1, 0.15) is 38.2 Å². The molecule has 10 heteroatoms. The van der Waals surface area contributed by atoms with Crippen LogP contribution < -0.4 is 5.32 Å². The van der Waals surface area contributed by atoms with E-state index in [1.54, 1.807) is 24.8 Å². The van der Waals surface area contributed by atoms with Gasteiger partial charge in [-0.2, -0.15) is 0 Å². The quantitative estimate of drug-likeness (QED) is 0.386. The molecule has 2 aliphatic heterocycles. The van der Waals surface area contributed by atoms with Crippen LogP contribution >= 0.6 is 0 Å². The van der Waals surface area contributed by atoms with Crippen LogP contribution in [0.15, 0.2) is 46.8 Å². The maximum absolute atomic E-state index is 13.1. The number of carbonyl (C=O) groups is 3. The Morgan fingerprint density at radius 3 is 2.50 bits per heavy atom. The molecule has 1 aromatic rings. The zero-order valence-corrected chi connectivity index (χ0v) is 18.2. The highest BCUT2D eigenvalue weighted by atomic mass is 16.6. The van der Waals surface area contributed by atoms with Gasteiger partial charge >= 0.3 is 11.9 Å². The number of nitro benzene ring substituents is 1. The number of dihydropyridines is 1. The van der Waals surface area contributed by atoms with Gasteiger partial charge in [-0.25, -0.2) is 9.59 Å². The number of ether oxygens (including phenoxy) is 2. The second kappa shape index (κ2) is 9.63. The maximum atomic E-state index is 13.1. The standard InChI is InChI=1S/C22H25N3O7/c1-13-18(21(27)31-3)20(15-6-4-7-16(12-15)25(29)30)19(14(2)23-13)22(28)32-11-10-24-9-5-8-17(24)26/h4,6-7,12,20,23H,5,8-11H2,1-3H3. The summed E-state index contributed by atoms with van der Waals surface area (Å²) in [6.07, 6.45) is 1.27. The molecule has 1 aromatic carbocycles. The lowest BCUT2D eigenvalue weighted by atomic mass is 9.80. The smallest absolute Gasteiger partial charge is 0.336 e. The minimum atomic E-state index is -0.912. The maximum Gasteiger partial charge on any atom is 0.336 e. The molecule has 0 aromatic heterocycles. The largest absolute Gasteiger partial charge is 0.466 e. The Labute approximate surface area is 185 Å². The summed E-state index contributed by atoms with van der Waals surface area (Å²) >= 11 is 0. The third kappa shape index (κ3) is 4.63. The first-order chi connectivity index (χ1) is 15.2. The second-order valence-corrected chi connectivity index (χ2v) is 7.60. The van der Waals surface area contributed by atoms with Crippen molar-refractivity contribution in [3.63, 3.8) is 0 Å². The van der Waals surface area contributed by atoms with Gasteiger partial charge < -0.3 is 19.7 Å². The molecule has 1 amide bonds. The van der Waals surface area contributed by atoms with E-state index in [2.05, 4.69) is 5.32 Å². The van der Waals surface area contributed by atoms with Crippen molar-refractivity contribution < 1.29 is 28.8 Å². The fourth-order valence-electron chi connectivity index (χ4n) is 4.06. The van der Waals surface area contributed by atoms with Crippen molar-refractivity contribution in [2.75, 3.05) is 26.8 Å². The number of benzene rings is 1. The topological polar surface area (TPSA) is 128 Å². The van der Waals surface area contributed by atoms with Gasteiger partial charge in [0.1, 0.15) is 6.61 Å². The van der Waals surface area contributed by atoms with E-state index in [4.69, 9.17) is 9.47 Å². The van der Waals surface area contributed by atoms with Crippen LogP contribution in [0.3, 0.4) is 0 Å². The molecule has 0 bridgehead atoms. The molecule has 32 heavy (non-hydrogen) atoms. The number of nitro groups is 1. The van der Waals surface area contributed by atoms with E-state index in [-0.39, 0.29) is 35.9 Å². The lowest BCUT2D eigenvalue weighted by Gasteiger charge is -2.30. The van der Waals surface area contributed by atoms with Crippen LogP contribution in [0, 0.1) is 10.1 Å². The van der Waals surface area contributed by atoms with Gasteiger partial charge in [-0.3, -0.25) is 14.9 Å². The molecule has 0 aliphatic carbocycles. The van der Waals surface area contributed by atoms with E-state index in [1.807, 2.05) is 0 Å². The van der Waals surface area contributed by atoms with Gasteiger partial charge in [0, 0.05) is 36.5 Å². The van der Waals surface area contributed by atoms with Gasteiger partial charge in [-0.05, 0) is 25.8 Å². The molecule has 2 aliphatic rings. The second-order valence-electron chi connectivity index (χ2n) is 7.60. The van der Waals surface area contributed by atoms with Crippen LogP contribution in [-0.2, 0) is 23.9 Å². The molecule has 0 saturated carbocycles. The van der Waals surface area contributed by atoms with Gasteiger partial charge in [0.25, 0.3) is 5.69 Å². The lowest BCUT2D eigenvalue weighted by Crippen LogP contribution is -2.34.